The summed E-state index contributed by atoms with van der Waals surface area (Å²) in [6, 6.07) is 1.90. The van der Waals surface area contributed by atoms with Gasteiger partial charge >= 0.3 is 0 Å². The predicted octanol–water partition coefficient (Wildman–Crippen LogP) is 2.77. The highest BCUT2D eigenvalue weighted by molar-refractivity contribution is 5.92. The lowest BCUT2D eigenvalue weighted by Gasteiger charge is -2.33. The Labute approximate surface area is 114 Å². The third-order valence-corrected chi connectivity index (χ3v) is 4.87. The van der Waals surface area contributed by atoms with Gasteiger partial charge in [0, 0.05) is 18.8 Å². The van der Waals surface area contributed by atoms with Crippen molar-refractivity contribution in [3.8, 4) is 0 Å². The molecule has 104 valence electrons. The van der Waals surface area contributed by atoms with Gasteiger partial charge < -0.3 is 4.90 Å². The molecule has 1 saturated carbocycles. The molecule has 1 spiro atoms. The molecule has 0 atom stereocenters. The molecule has 0 bridgehead atoms. The number of rotatable bonds is 2. The molecule has 0 aromatic carbocycles. The van der Waals surface area contributed by atoms with E-state index in [-0.39, 0.29) is 5.91 Å². The summed E-state index contributed by atoms with van der Waals surface area (Å²) in [6.45, 7) is 3.92. The number of carbonyl (C=O) groups excluding carboxylic acids is 1. The molecule has 1 N–H and O–H groups in total. The average molecular weight is 261 g/mol. The summed E-state index contributed by atoms with van der Waals surface area (Å²) in [4.78, 5) is 14.5. The SMILES string of the molecule is CCc1cc(C(=O)N2CCC3(CCCCC3)C2)n[nH]1. The number of nitrogens with zero attached hydrogens (tertiary/aromatic N) is 2. The minimum Gasteiger partial charge on any atom is -0.337 e. The van der Waals surface area contributed by atoms with Crippen molar-refractivity contribution in [2.45, 2.75) is 51.9 Å². The molecule has 1 saturated heterocycles. The summed E-state index contributed by atoms with van der Waals surface area (Å²) in [6.07, 6.45) is 8.73. The molecule has 3 rings (SSSR count). The van der Waals surface area contributed by atoms with Crippen molar-refractivity contribution in [1.29, 1.82) is 0 Å². The first-order chi connectivity index (χ1) is 9.22. The summed E-state index contributed by atoms with van der Waals surface area (Å²) < 4.78 is 0. The molecule has 1 aromatic heterocycles. The Hall–Kier alpha value is -1.32. The normalized spacial score (nSPS) is 22.1. The van der Waals surface area contributed by atoms with E-state index >= 15 is 0 Å². The smallest absolute Gasteiger partial charge is 0.274 e. The van der Waals surface area contributed by atoms with Crippen molar-refractivity contribution in [2.24, 2.45) is 5.41 Å². The molecule has 2 aliphatic rings. The van der Waals surface area contributed by atoms with Gasteiger partial charge in [-0.25, -0.2) is 0 Å². The minimum absolute atomic E-state index is 0.110. The fraction of sp³-hybridized carbons (Fsp3) is 0.733. The van der Waals surface area contributed by atoms with Crippen molar-refractivity contribution < 1.29 is 4.79 Å². The van der Waals surface area contributed by atoms with E-state index in [9.17, 15) is 4.79 Å². The molecule has 19 heavy (non-hydrogen) atoms. The number of aryl methyl sites for hydroxylation is 1. The van der Waals surface area contributed by atoms with E-state index in [2.05, 4.69) is 17.1 Å². The van der Waals surface area contributed by atoms with Crippen LogP contribution in [0.25, 0.3) is 0 Å². The first-order valence-corrected chi connectivity index (χ1v) is 7.56. The fourth-order valence-electron chi connectivity index (χ4n) is 3.63. The molecule has 1 aliphatic heterocycles. The van der Waals surface area contributed by atoms with Crippen molar-refractivity contribution in [1.82, 2.24) is 15.1 Å². The van der Waals surface area contributed by atoms with Gasteiger partial charge in [0.25, 0.3) is 5.91 Å². The van der Waals surface area contributed by atoms with E-state index < -0.39 is 0 Å². The van der Waals surface area contributed by atoms with Gasteiger partial charge in [-0.05, 0) is 37.2 Å². The molecule has 1 aliphatic carbocycles. The highest BCUT2D eigenvalue weighted by Gasteiger charge is 2.40. The van der Waals surface area contributed by atoms with Crippen LogP contribution in [0.3, 0.4) is 0 Å². The topological polar surface area (TPSA) is 49.0 Å². The summed E-state index contributed by atoms with van der Waals surface area (Å²) in [7, 11) is 0. The van der Waals surface area contributed by atoms with Crippen LogP contribution in [0.2, 0.25) is 0 Å². The van der Waals surface area contributed by atoms with Gasteiger partial charge in [-0.1, -0.05) is 26.2 Å². The predicted molar refractivity (Wildman–Crippen MR) is 74.0 cm³/mol. The Kier molecular flexibility index (Phi) is 3.33. The lowest BCUT2D eigenvalue weighted by atomic mass is 9.73. The van der Waals surface area contributed by atoms with E-state index in [1.54, 1.807) is 0 Å². The van der Waals surface area contributed by atoms with Gasteiger partial charge in [0.15, 0.2) is 0 Å². The molecule has 0 unspecified atom stereocenters. The second-order valence-corrected chi connectivity index (χ2v) is 6.17. The second kappa shape index (κ2) is 4.99. The van der Waals surface area contributed by atoms with Crippen LogP contribution in [0.4, 0.5) is 0 Å². The lowest BCUT2D eigenvalue weighted by molar-refractivity contribution is 0.0753. The zero-order chi connectivity index (χ0) is 13.3. The monoisotopic (exact) mass is 261 g/mol. The molecule has 0 radical (unpaired) electrons. The second-order valence-electron chi connectivity index (χ2n) is 6.17. The quantitative estimate of drug-likeness (QED) is 0.890. The first kappa shape index (κ1) is 12.7. The van der Waals surface area contributed by atoms with E-state index in [1.165, 1.54) is 38.5 Å². The number of hydrogen-bond acceptors (Lipinski definition) is 2. The standard InChI is InChI=1S/C15H23N3O/c1-2-12-10-13(17-16-12)14(19)18-9-8-15(11-18)6-4-3-5-7-15/h10H,2-9,11H2,1H3,(H,16,17). The van der Waals surface area contributed by atoms with Crippen LogP contribution in [0.1, 0.15) is 61.6 Å². The third-order valence-electron chi connectivity index (χ3n) is 4.87. The van der Waals surface area contributed by atoms with Gasteiger partial charge in [-0.2, -0.15) is 5.10 Å². The highest BCUT2D eigenvalue weighted by atomic mass is 16.2. The fourth-order valence-corrected chi connectivity index (χ4v) is 3.63. The van der Waals surface area contributed by atoms with E-state index in [4.69, 9.17) is 0 Å². The Bertz CT molecular complexity index is 460. The number of nitrogens with one attached hydrogen (secondary N) is 1. The Morgan fingerprint density at radius 1 is 1.37 bits per heavy atom. The van der Waals surface area contributed by atoms with E-state index in [1.807, 2.05) is 11.0 Å². The van der Waals surface area contributed by atoms with Gasteiger partial charge in [0.1, 0.15) is 5.69 Å². The van der Waals surface area contributed by atoms with Crippen molar-refractivity contribution in [2.75, 3.05) is 13.1 Å². The largest absolute Gasteiger partial charge is 0.337 e. The maximum Gasteiger partial charge on any atom is 0.274 e. The van der Waals surface area contributed by atoms with Crippen LogP contribution in [-0.2, 0) is 6.42 Å². The Morgan fingerprint density at radius 3 is 2.84 bits per heavy atom. The van der Waals surface area contributed by atoms with Crippen LogP contribution in [-0.4, -0.2) is 34.1 Å². The Balaban J connectivity index is 1.68. The molecule has 4 nitrogen and oxygen atoms in total. The molecule has 1 aromatic rings. The van der Waals surface area contributed by atoms with Gasteiger partial charge in [-0.3, -0.25) is 9.89 Å². The number of aromatic nitrogens is 2. The zero-order valence-electron chi connectivity index (χ0n) is 11.7. The van der Waals surface area contributed by atoms with Gasteiger partial charge in [0.05, 0.1) is 0 Å². The van der Waals surface area contributed by atoms with Crippen LogP contribution in [0.5, 0.6) is 0 Å². The van der Waals surface area contributed by atoms with E-state index in [0.29, 0.717) is 11.1 Å². The summed E-state index contributed by atoms with van der Waals surface area (Å²) in [5, 5.41) is 7.08. The maximum atomic E-state index is 12.4. The average Bonchev–Trinajstić information content (AvgIpc) is 3.06. The number of hydrogen-bond donors (Lipinski definition) is 1. The zero-order valence-corrected chi connectivity index (χ0v) is 11.7. The summed E-state index contributed by atoms with van der Waals surface area (Å²) in [5.74, 6) is 0.110. The van der Waals surface area contributed by atoms with Gasteiger partial charge in [-0.15, -0.1) is 0 Å². The molecule has 2 heterocycles. The van der Waals surface area contributed by atoms with Crippen molar-refractivity contribution in [3.05, 3.63) is 17.5 Å². The van der Waals surface area contributed by atoms with Crippen molar-refractivity contribution >= 4 is 5.91 Å². The van der Waals surface area contributed by atoms with Gasteiger partial charge in [0.2, 0.25) is 0 Å². The molecular weight excluding hydrogens is 238 g/mol. The lowest BCUT2D eigenvalue weighted by Crippen LogP contribution is -2.33. The molecule has 2 fully saturated rings. The van der Waals surface area contributed by atoms with Crippen LogP contribution < -0.4 is 0 Å². The number of carbonyl (C=O) groups is 1. The molecule has 4 heteroatoms. The number of H-pyrrole nitrogens is 1. The van der Waals surface area contributed by atoms with Crippen LogP contribution >= 0.6 is 0 Å². The molecule has 1 amide bonds. The highest BCUT2D eigenvalue weighted by Crippen LogP contribution is 2.43. The number of likely N-dealkylation sites (tertiary alicyclic amines) is 1. The Morgan fingerprint density at radius 2 is 2.16 bits per heavy atom. The molecular formula is C15H23N3O. The summed E-state index contributed by atoms with van der Waals surface area (Å²) >= 11 is 0. The van der Waals surface area contributed by atoms with Crippen LogP contribution in [0, 0.1) is 5.41 Å². The number of amides is 1. The minimum atomic E-state index is 0.110. The first-order valence-electron chi connectivity index (χ1n) is 7.56. The van der Waals surface area contributed by atoms with Crippen LogP contribution in [0.15, 0.2) is 6.07 Å². The number of aromatic amines is 1. The third kappa shape index (κ3) is 2.40. The maximum absolute atomic E-state index is 12.4. The summed E-state index contributed by atoms with van der Waals surface area (Å²) in [5.41, 5.74) is 2.05. The van der Waals surface area contributed by atoms with Crippen molar-refractivity contribution in [3.63, 3.8) is 0 Å². The van der Waals surface area contributed by atoms with E-state index in [0.717, 1.165) is 25.2 Å².